The summed E-state index contributed by atoms with van der Waals surface area (Å²) < 4.78 is 27.1. The molecule has 0 radical (unpaired) electrons. The van der Waals surface area contributed by atoms with Crippen LogP contribution >= 0.6 is 8.53 Å². The van der Waals surface area contributed by atoms with Gasteiger partial charge in [0.1, 0.15) is 20.6 Å². The highest BCUT2D eigenvalue weighted by Gasteiger charge is 2.38. The second-order valence-corrected chi connectivity index (χ2v) is 7.46. The van der Waals surface area contributed by atoms with Crippen molar-refractivity contribution in [2.45, 2.75) is 64.4 Å². The fourth-order valence-corrected chi connectivity index (χ4v) is 4.33. The number of nitrogens with zero attached hydrogens (tertiary/aromatic N) is 2. The third-order valence-electron chi connectivity index (χ3n) is 3.43. The lowest BCUT2D eigenvalue weighted by atomic mass is 9.96. The van der Waals surface area contributed by atoms with Gasteiger partial charge in [-0.2, -0.15) is 0 Å². The first-order chi connectivity index (χ1) is 10.9. The SMILES string of the molecule is [2H]OC[C@H]1O[C@@H](B)CC1OP(OCC[N+]#[C-])N(C(C)C)C(C)C. The van der Waals surface area contributed by atoms with Gasteiger partial charge in [0.05, 0.1) is 12.7 Å². The number of aliphatic hydroxyl groups excluding tert-OH is 1. The van der Waals surface area contributed by atoms with Crippen molar-refractivity contribution in [2.24, 2.45) is 0 Å². The van der Waals surface area contributed by atoms with E-state index >= 15 is 0 Å². The van der Waals surface area contributed by atoms with Crippen molar-refractivity contribution in [1.29, 1.82) is 1.43 Å². The van der Waals surface area contributed by atoms with Crippen LogP contribution in [0.25, 0.3) is 4.85 Å². The Hall–Kier alpha value is -0.215. The number of aliphatic hydroxyl groups is 1. The zero-order chi connectivity index (χ0) is 17.4. The van der Waals surface area contributed by atoms with Gasteiger partial charge < -0.3 is 23.7 Å². The molecule has 0 aromatic rings. The van der Waals surface area contributed by atoms with Gasteiger partial charge in [-0.05, 0) is 34.1 Å². The molecule has 8 heteroatoms. The van der Waals surface area contributed by atoms with Crippen molar-refractivity contribution < 1.29 is 18.9 Å². The van der Waals surface area contributed by atoms with Crippen LogP contribution in [0, 0.1) is 6.57 Å². The van der Waals surface area contributed by atoms with Crippen LogP contribution in [0.4, 0.5) is 0 Å². The minimum atomic E-state index is -1.29. The molecule has 4 atom stereocenters. The molecule has 1 rings (SSSR count). The van der Waals surface area contributed by atoms with Crippen LogP contribution in [0.2, 0.25) is 0 Å². The van der Waals surface area contributed by atoms with Crippen LogP contribution < -0.4 is 0 Å². The van der Waals surface area contributed by atoms with Gasteiger partial charge in [-0.1, -0.05) is 0 Å². The van der Waals surface area contributed by atoms with E-state index in [1.165, 1.54) is 0 Å². The minimum Gasteiger partial charge on any atom is -0.394 e. The van der Waals surface area contributed by atoms with Crippen molar-refractivity contribution in [3.05, 3.63) is 11.4 Å². The standard InChI is InChI=1S/C14H28BN2O4P/c1-10(2)17(11(3)4)22(19-7-6-16-5)21-12-8-14(15)20-13(12)9-18/h10-14,18H,6-9,15H2,1-4H3/t12?,13-,14-,22?/m1/s1/i18D. The lowest BCUT2D eigenvalue weighted by Gasteiger charge is -2.37. The molecule has 0 aliphatic carbocycles. The molecule has 2 unspecified atom stereocenters. The summed E-state index contributed by atoms with van der Waals surface area (Å²) in [4.78, 5) is 3.34. The quantitative estimate of drug-likeness (QED) is 0.284. The molecule has 1 aliphatic heterocycles. The van der Waals surface area contributed by atoms with Gasteiger partial charge in [-0.15, -0.1) is 0 Å². The van der Waals surface area contributed by atoms with Crippen LogP contribution in [0.5, 0.6) is 0 Å². The zero-order valence-electron chi connectivity index (χ0n) is 15.2. The maximum atomic E-state index is 6.96. The van der Waals surface area contributed by atoms with E-state index in [9.17, 15) is 0 Å². The Labute approximate surface area is 137 Å². The second kappa shape index (κ2) is 9.82. The molecule has 0 aromatic carbocycles. The van der Waals surface area contributed by atoms with Gasteiger partial charge >= 0.3 is 0 Å². The summed E-state index contributed by atoms with van der Waals surface area (Å²) in [6.07, 6.45) is 0.343. The average molecular weight is 331 g/mol. The summed E-state index contributed by atoms with van der Waals surface area (Å²) in [6.45, 7) is 16.2. The average Bonchev–Trinajstić information content (AvgIpc) is 2.78. The topological polar surface area (TPSA) is 55.5 Å². The summed E-state index contributed by atoms with van der Waals surface area (Å²) in [6, 6.07) is 0.603. The molecule has 1 saturated heterocycles. The summed E-state index contributed by atoms with van der Waals surface area (Å²) in [5.74, 6) is 0. The van der Waals surface area contributed by atoms with Crippen molar-refractivity contribution >= 4 is 16.4 Å². The Morgan fingerprint density at radius 1 is 1.50 bits per heavy atom. The Morgan fingerprint density at radius 2 is 2.18 bits per heavy atom. The van der Waals surface area contributed by atoms with Crippen LogP contribution in [0.1, 0.15) is 34.1 Å². The summed E-state index contributed by atoms with van der Waals surface area (Å²) in [5, 5.41) is 4.50. The molecule has 1 N–H and O–H groups in total. The van der Waals surface area contributed by atoms with Gasteiger partial charge in [-0.3, -0.25) is 0 Å². The highest BCUT2D eigenvalue weighted by atomic mass is 31.2. The third-order valence-corrected chi connectivity index (χ3v) is 5.58. The molecule has 126 valence electrons. The van der Waals surface area contributed by atoms with Gasteiger partial charge in [0, 0.05) is 18.1 Å². The molecule has 22 heavy (non-hydrogen) atoms. The minimum absolute atomic E-state index is 0.0757. The highest BCUT2D eigenvalue weighted by molar-refractivity contribution is 7.44. The summed E-state index contributed by atoms with van der Waals surface area (Å²) in [7, 11) is 0.702. The Balaban J connectivity index is 2.80. The predicted molar refractivity (Wildman–Crippen MR) is 90.2 cm³/mol. The van der Waals surface area contributed by atoms with E-state index in [0.29, 0.717) is 13.2 Å². The van der Waals surface area contributed by atoms with Crippen LogP contribution in [0.15, 0.2) is 0 Å². The molecular formula is C14H28BN2O4P. The van der Waals surface area contributed by atoms with E-state index in [-0.39, 0.29) is 36.9 Å². The zero-order valence-corrected chi connectivity index (χ0v) is 15.1. The number of hydrogen-bond acceptors (Lipinski definition) is 5. The van der Waals surface area contributed by atoms with Crippen molar-refractivity contribution in [1.82, 2.24) is 4.67 Å². The molecule has 0 amide bonds. The number of hydrogen-bond donors (Lipinski definition) is 1. The van der Waals surface area contributed by atoms with Crippen molar-refractivity contribution in [3.8, 4) is 0 Å². The van der Waals surface area contributed by atoms with Crippen LogP contribution in [0.3, 0.4) is 0 Å². The molecule has 0 spiro atoms. The van der Waals surface area contributed by atoms with E-state index in [1.54, 1.807) is 0 Å². The normalized spacial score (nSPS) is 27.4. The van der Waals surface area contributed by atoms with E-state index in [1.807, 2.05) is 7.85 Å². The van der Waals surface area contributed by atoms with E-state index in [4.69, 9.17) is 21.8 Å². The Kier molecular flexibility index (Phi) is 8.09. The summed E-state index contributed by atoms with van der Waals surface area (Å²) >= 11 is 0. The first kappa shape index (κ1) is 18.1. The summed E-state index contributed by atoms with van der Waals surface area (Å²) in [5.41, 5.74) is 0. The maximum absolute atomic E-state index is 6.96. The van der Waals surface area contributed by atoms with E-state index < -0.39 is 8.53 Å². The fourth-order valence-electron chi connectivity index (χ4n) is 2.58. The monoisotopic (exact) mass is 331 g/mol. The second-order valence-electron chi connectivity index (χ2n) is 6.05. The van der Waals surface area contributed by atoms with Crippen LogP contribution in [-0.2, 0) is 13.8 Å². The molecule has 0 aromatic heterocycles. The Morgan fingerprint density at radius 3 is 2.73 bits per heavy atom. The van der Waals surface area contributed by atoms with Crippen molar-refractivity contribution in [2.75, 3.05) is 19.8 Å². The molecule has 6 nitrogen and oxygen atoms in total. The molecule has 0 saturated carbocycles. The molecular weight excluding hydrogens is 302 g/mol. The smallest absolute Gasteiger partial charge is 0.259 e. The van der Waals surface area contributed by atoms with Gasteiger partial charge in [-0.25, -0.2) is 11.2 Å². The van der Waals surface area contributed by atoms with E-state index in [2.05, 4.69) is 42.3 Å². The number of ether oxygens (including phenoxy) is 1. The van der Waals surface area contributed by atoms with Crippen LogP contribution in [-0.4, -0.2) is 69.1 Å². The lowest BCUT2D eigenvalue weighted by molar-refractivity contribution is -0.00126. The molecule has 0 bridgehead atoms. The molecule has 1 heterocycles. The first-order valence-electron chi connectivity index (χ1n) is 8.26. The third kappa shape index (κ3) is 5.77. The maximum Gasteiger partial charge on any atom is 0.259 e. The Bertz CT molecular complexity index is 378. The van der Waals surface area contributed by atoms with Gasteiger partial charge in [0.2, 0.25) is 7.98 Å². The van der Waals surface area contributed by atoms with Crippen molar-refractivity contribution in [3.63, 3.8) is 0 Å². The number of rotatable bonds is 10. The van der Waals surface area contributed by atoms with Gasteiger partial charge in [0.15, 0.2) is 0 Å². The predicted octanol–water partition coefficient (Wildman–Crippen LogP) is 1.39. The first-order valence-corrected chi connectivity index (χ1v) is 8.98. The van der Waals surface area contributed by atoms with E-state index in [0.717, 1.165) is 6.42 Å². The lowest BCUT2D eigenvalue weighted by Crippen LogP contribution is -2.36. The highest BCUT2D eigenvalue weighted by Crippen LogP contribution is 2.48. The fraction of sp³-hybridized carbons (Fsp3) is 0.929. The largest absolute Gasteiger partial charge is 0.394 e. The molecule has 1 aliphatic rings. The molecule has 1 fully saturated rings. The van der Waals surface area contributed by atoms with Gasteiger partial charge in [0.25, 0.3) is 8.53 Å².